The first kappa shape index (κ1) is 14.3. The number of aromatic nitrogens is 1. The molecule has 1 saturated heterocycles. The lowest BCUT2D eigenvalue weighted by atomic mass is 9.96. The van der Waals surface area contributed by atoms with Gasteiger partial charge in [0, 0.05) is 36.6 Å². The molecule has 6 heteroatoms. The number of rotatable bonds is 2. The van der Waals surface area contributed by atoms with Crippen molar-refractivity contribution in [2.24, 2.45) is 5.92 Å². The van der Waals surface area contributed by atoms with Gasteiger partial charge < -0.3 is 15.0 Å². The molecule has 0 radical (unpaired) electrons. The summed E-state index contributed by atoms with van der Waals surface area (Å²) < 4.78 is 4.67. The second-order valence-corrected chi connectivity index (χ2v) is 4.91. The molecule has 0 unspecified atom stereocenters. The monoisotopic (exact) mass is 277 g/mol. The van der Waals surface area contributed by atoms with E-state index in [1.165, 1.54) is 7.11 Å². The maximum absolute atomic E-state index is 12.2. The molecule has 1 fully saturated rings. The van der Waals surface area contributed by atoms with E-state index < -0.39 is 0 Å². The van der Waals surface area contributed by atoms with Crippen LogP contribution in [0, 0.1) is 12.8 Å². The Morgan fingerprint density at radius 2 is 2.10 bits per heavy atom. The fourth-order valence-corrected chi connectivity index (χ4v) is 2.32. The normalized spacial score (nSPS) is 15.8. The van der Waals surface area contributed by atoms with Crippen LogP contribution in [0.2, 0.25) is 0 Å². The van der Waals surface area contributed by atoms with Crippen LogP contribution in [-0.4, -0.2) is 42.1 Å². The molecule has 2 heterocycles. The van der Waals surface area contributed by atoms with E-state index in [-0.39, 0.29) is 17.9 Å². The lowest BCUT2D eigenvalue weighted by molar-refractivity contribution is -0.121. The molecule has 0 saturated carbocycles. The van der Waals surface area contributed by atoms with Gasteiger partial charge in [-0.05, 0) is 31.9 Å². The molecule has 0 aromatic carbocycles. The van der Waals surface area contributed by atoms with Gasteiger partial charge in [0.15, 0.2) is 0 Å². The van der Waals surface area contributed by atoms with Crippen molar-refractivity contribution in [1.82, 2.24) is 9.88 Å². The Morgan fingerprint density at radius 3 is 2.70 bits per heavy atom. The van der Waals surface area contributed by atoms with E-state index in [2.05, 4.69) is 15.0 Å². The van der Waals surface area contributed by atoms with Crippen molar-refractivity contribution in [1.29, 1.82) is 0 Å². The predicted octanol–water partition coefficient (Wildman–Crippen LogP) is 1.81. The number of likely N-dealkylation sites (tertiary alicyclic amines) is 1. The summed E-state index contributed by atoms with van der Waals surface area (Å²) in [7, 11) is 1.37. The molecular weight excluding hydrogens is 258 g/mol. The van der Waals surface area contributed by atoms with Gasteiger partial charge in [0.25, 0.3) is 0 Å². The molecule has 6 nitrogen and oxygen atoms in total. The van der Waals surface area contributed by atoms with Crippen molar-refractivity contribution in [2.45, 2.75) is 19.8 Å². The number of piperidine rings is 1. The van der Waals surface area contributed by atoms with Crippen LogP contribution in [-0.2, 0) is 9.53 Å². The molecular formula is C14H19N3O3. The van der Waals surface area contributed by atoms with Gasteiger partial charge in [0.1, 0.15) is 0 Å². The van der Waals surface area contributed by atoms with Crippen LogP contribution in [0.25, 0.3) is 0 Å². The highest BCUT2D eigenvalue weighted by atomic mass is 16.5. The highest BCUT2D eigenvalue weighted by Gasteiger charge is 2.27. The number of nitrogens with one attached hydrogen (secondary N) is 1. The minimum Gasteiger partial charge on any atom is -0.453 e. The maximum atomic E-state index is 12.2. The smallest absolute Gasteiger partial charge is 0.409 e. The van der Waals surface area contributed by atoms with Gasteiger partial charge in [-0.2, -0.15) is 0 Å². The summed E-state index contributed by atoms with van der Waals surface area (Å²) in [6, 6.07) is 3.61. The Kier molecular flexibility index (Phi) is 4.55. The first-order chi connectivity index (χ1) is 9.60. The number of methoxy groups -OCH3 is 1. The largest absolute Gasteiger partial charge is 0.453 e. The highest BCUT2D eigenvalue weighted by molar-refractivity contribution is 5.92. The van der Waals surface area contributed by atoms with Gasteiger partial charge in [-0.15, -0.1) is 0 Å². The van der Waals surface area contributed by atoms with Gasteiger partial charge >= 0.3 is 6.09 Å². The average molecular weight is 277 g/mol. The van der Waals surface area contributed by atoms with E-state index in [1.54, 1.807) is 17.2 Å². The standard InChI is InChI=1S/C14H19N3O3/c1-10-9-12(3-6-15-10)16-13(18)11-4-7-17(8-5-11)14(19)20-2/h3,6,9,11H,4-5,7-8H2,1-2H3,(H,15,16,18). The summed E-state index contributed by atoms with van der Waals surface area (Å²) in [4.78, 5) is 29.2. The van der Waals surface area contributed by atoms with Crippen molar-refractivity contribution < 1.29 is 14.3 Å². The van der Waals surface area contributed by atoms with E-state index in [4.69, 9.17) is 0 Å². The highest BCUT2D eigenvalue weighted by Crippen LogP contribution is 2.20. The van der Waals surface area contributed by atoms with Crippen LogP contribution < -0.4 is 5.32 Å². The molecule has 1 aliphatic rings. The Bertz CT molecular complexity index is 496. The Hall–Kier alpha value is -2.11. The third-order valence-electron chi connectivity index (χ3n) is 3.46. The number of amides is 2. The zero-order valence-corrected chi connectivity index (χ0v) is 11.8. The van der Waals surface area contributed by atoms with Gasteiger partial charge in [-0.1, -0.05) is 0 Å². The third-order valence-corrected chi connectivity index (χ3v) is 3.46. The molecule has 108 valence electrons. The summed E-state index contributed by atoms with van der Waals surface area (Å²) in [5, 5.41) is 2.90. The van der Waals surface area contributed by atoms with E-state index in [0.29, 0.717) is 25.9 Å². The minimum absolute atomic E-state index is 0.000107. The third kappa shape index (κ3) is 3.46. The van der Waals surface area contributed by atoms with E-state index in [1.807, 2.05) is 13.0 Å². The van der Waals surface area contributed by atoms with Crippen molar-refractivity contribution in [3.8, 4) is 0 Å². The van der Waals surface area contributed by atoms with Crippen LogP contribution in [0.5, 0.6) is 0 Å². The van der Waals surface area contributed by atoms with Crippen molar-refractivity contribution in [2.75, 3.05) is 25.5 Å². The summed E-state index contributed by atoms with van der Waals surface area (Å²) in [5.74, 6) is -0.0653. The number of hydrogen-bond donors (Lipinski definition) is 1. The van der Waals surface area contributed by atoms with Crippen LogP contribution in [0.15, 0.2) is 18.3 Å². The van der Waals surface area contributed by atoms with Crippen LogP contribution in [0.1, 0.15) is 18.5 Å². The average Bonchev–Trinajstić information content (AvgIpc) is 2.46. The van der Waals surface area contributed by atoms with E-state index in [9.17, 15) is 9.59 Å². The molecule has 1 N–H and O–H groups in total. The molecule has 1 aromatic rings. The fraction of sp³-hybridized carbons (Fsp3) is 0.500. The number of nitrogens with zero attached hydrogens (tertiary/aromatic N) is 2. The number of hydrogen-bond acceptors (Lipinski definition) is 4. The molecule has 1 aromatic heterocycles. The summed E-state index contributed by atoms with van der Waals surface area (Å²) in [6.07, 6.45) is 2.66. The molecule has 1 aliphatic heterocycles. The summed E-state index contributed by atoms with van der Waals surface area (Å²) >= 11 is 0. The summed E-state index contributed by atoms with van der Waals surface area (Å²) in [5.41, 5.74) is 1.63. The zero-order valence-electron chi connectivity index (χ0n) is 11.8. The molecule has 0 spiro atoms. The molecule has 2 rings (SSSR count). The first-order valence-corrected chi connectivity index (χ1v) is 6.66. The van der Waals surface area contributed by atoms with Crippen molar-refractivity contribution in [3.05, 3.63) is 24.0 Å². The Morgan fingerprint density at radius 1 is 1.40 bits per heavy atom. The number of carbonyl (C=O) groups is 2. The molecule has 20 heavy (non-hydrogen) atoms. The molecule has 0 atom stereocenters. The van der Waals surface area contributed by atoms with Crippen molar-refractivity contribution in [3.63, 3.8) is 0 Å². The quantitative estimate of drug-likeness (QED) is 0.895. The van der Waals surface area contributed by atoms with Crippen LogP contribution in [0.3, 0.4) is 0 Å². The SMILES string of the molecule is COC(=O)N1CCC(C(=O)Nc2ccnc(C)c2)CC1. The number of aryl methyl sites for hydroxylation is 1. The number of carbonyl (C=O) groups excluding carboxylic acids is 2. The number of pyridine rings is 1. The fourth-order valence-electron chi connectivity index (χ4n) is 2.32. The maximum Gasteiger partial charge on any atom is 0.409 e. The Balaban J connectivity index is 1.87. The second-order valence-electron chi connectivity index (χ2n) is 4.91. The molecule has 0 bridgehead atoms. The summed E-state index contributed by atoms with van der Waals surface area (Å²) in [6.45, 7) is 2.99. The first-order valence-electron chi connectivity index (χ1n) is 6.66. The van der Waals surface area contributed by atoms with Crippen LogP contribution in [0.4, 0.5) is 10.5 Å². The predicted molar refractivity (Wildman–Crippen MR) is 74.3 cm³/mol. The molecule has 2 amide bonds. The lowest BCUT2D eigenvalue weighted by Crippen LogP contribution is -2.41. The number of anilines is 1. The number of ether oxygens (including phenoxy) is 1. The van der Waals surface area contributed by atoms with E-state index >= 15 is 0 Å². The lowest BCUT2D eigenvalue weighted by Gasteiger charge is -2.30. The van der Waals surface area contributed by atoms with E-state index in [0.717, 1.165) is 11.4 Å². The van der Waals surface area contributed by atoms with Gasteiger partial charge in [0.05, 0.1) is 7.11 Å². The van der Waals surface area contributed by atoms with Gasteiger partial charge in [0.2, 0.25) is 5.91 Å². The van der Waals surface area contributed by atoms with Gasteiger partial charge in [-0.25, -0.2) is 4.79 Å². The molecule has 0 aliphatic carbocycles. The van der Waals surface area contributed by atoms with Gasteiger partial charge in [-0.3, -0.25) is 9.78 Å². The zero-order chi connectivity index (χ0) is 14.5. The van der Waals surface area contributed by atoms with Crippen molar-refractivity contribution >= 4 is 17.7 Å². The topological polar surface area (TPSA) is 71.5 Å². The van der Waals surface area contributed by atoms with Crippen LogP contribution >= 0.6 is 0 Å². The second kappa shape index (κ2) is 6.36. The Labute approximate surface area is 118 Å². The minimum atomic E-state index is -0.325.